The summed E-state index contributed by atoms with van der Waals surface area (Å²) < 4.78 is 20.6. The van der Waals surface area contributed by atoms with E-state index in [0.29, 0.717) is 49.4 Å². The van der Waals surface area contributed by atoms with Crippen molar-refractivity contribution in [3.05, 3.63) is 84.9 Å². The Morgan fingerprint density at radius 2 is 1.12 bits per heavy atom. The van der Waals surface area contributed by atoms with Gasteiger partial charge in [-0.2, -0.15) is 10.5 Å². The van der Waals surface area contributed by atoms with Gasteiger partial charge in [0.2, 0.25) is 0 Å². The zero-order chi connectivity index (χ0) is 38.0. The summed E-state index contributed by atoms with van der Waals surface area (Å²) in [6, 6.07) is 27.4. The summed E-state index contributed by atoms with van der Waals surface area (Å²) in [5.74, 6) is 1.57. The first kappa shape index (κ1) is 41.3. The molecule has 0 N–H and O–H groups in total. The molecule has 0 fully saturated rings. The molecule has 0 aliphatic carbocycles. The molecule has 8 heteroatoms. The maximum absolute atomic E-state index is 12.1. The van der Waals surface area contributed by atoms with Crippen LogP contribution >= 0.6 is 0 Å². The van der Waals surface area contributed by atoms with Crippen molar-refractivity contribution < 1.29 is 28.5 Å². The van der Waals surface area contributed by atoms with E-state index in [4.69, 9.17) is 29.5 Å². The van der Waals surface area contributed by atoms with E-state index in [2.05, 4.69) is 41.5 Å². The highest BCUT2D eigenvalue weighted by atomic mass is 16.5. The van der Waals surface area contributed by atoms with Gasteiger partial charge in [0.15, 0.2) is 0 Å². The van der Waals surface area contributed by atoms with Crippen LogP contribution in [0.4, 0.5) is 0 Å². The number of rotatable bonds is 18. The van der Waals surface area contributed by atoms with Gasteiger partial charge in [0.25, 0.3) is 12.5 Å². The molecule has 0 heterocycles. The molecule has 8 nitrogen and oxygen atoms in total. The lowest BCUT2D eigenvalue weighted by Crippen LogP contribution is -2.21. The first-order chi connectivity index (χ1) is 24.8. The third-order valence-corrected chi connectivity index (χ3v) is 8.98. The van der Waals surface area contributed by atoms with E-state index in [9.17, 15) is 9.59 Å². The van der Waals surface area contributed by atoms with Crippen LogP contribution in [0.2, 0.25) is 0 Å². The molecule has 0 spiro atoms. The number of fused-ring (bicyclic) bond motifs is 2. The summed E-state index contributed by atoms with van der Waals surface area (Å²) in [5.41, 5.74) is 0.0578. The Bertz CT molecular complexity index is 1820. The molecule has 0 amide bonds. The molecule has 52 heavy (non-hydrogen) atoms. The molecule has 2 unspecified atom stereocenters. The summed E-state index contributed by atoms with van der Waals surface area (Å²) in [4.78, 5) is 24.2. The molecule has 0 radical (unpaired) electrons. The maximum atomic E-state index is 12.1. The summed E-state index contributed by atoms with van der Waals surface area (Å²) >= 11 is 0. The fourth-order valence-electron chi connectivity index (χ4n) is 6.75. The second kappa shape index (κ2) is 20.7. The molecular formula is C44H54N2O6. The second-order valence-corrected chi connectivity index (χ2v) is 15.4. The van der Waals surface area contributed by atoms with E-state index in [1.807, 2.05) is 84.9 Å². The van der Waals surface area contributed by atoms with Gasteiger partial charge in [-0.25, -0.2) is 0 Å². The van der Waals surface area contributed by atoms with Crippen molar-refractivity contribution in [3.63, 3.8) is 0 Å². The Hall–Kier alpha value is -5.08. The Labute approximate surface area is 309 Å². The molecule has 2 atom stereocenters. The van der Waals surface area contributed by atoms with Gasteiger partial charge < -0.3 is 18.9 Å². The number of nitrogens with zero attached hydrogens (tertiary/aromatic N) is 2. The molecular weight excluding hydrogens is 652 g/mol. The van der Waals surface area contributed by atoms with Gasteiger partial charge in [0.1, 0.15) is 24.7 Å². The van der Waals surface area contributed by atoms with E-state index in [-0.39, 0.29) is 22.8 Å². The van der Waals surface area contributed by atoms with Crippen LogP contribution in [0.5, 0.6) is 11.5 Å². The zero-order valence-corrected chi connectivity index (χ0v) is 31.7. The Kier molecular flexibility index (Phi) is 16.4. The van der Waals surface area contributed by atoms with Gasteiger partial charge >= 0.3 is 11.9 Å². The SMILES string of the molecule is CC(CCCC(=O)Oc1ccc2ccccc2c1)CC(C)(C)COC#N.CC(COC#N)CC(C)(C)CCCC(=O)Oc1ccc2ccccc2c1. The van der Waals surface area contributed by atoms with Crippen molar-refractivity contribution in [2.24, 2.45) is 22.7 Å². The minimum absolute atomic E-state index is 0.0409. The van der Waals surface area contributed by atoms with Gasteiger partial charge in [0.05, 0.1) is 0 Å². The highest BCUT2D eigenvalue weighted by Gasteiger charge is 2.23. The molecule has 0 saturated heterocycles. The summed E-state index contributed by atoms with van der Waals surface area (Å²) in [6.07, 6.45) is 9.61. The molecule has 4 aromatic rings. The van der Waals surface area contributed by atoms with E-state index in [0.717, 1.165) is 60.1 Å². The normalized spacial score (nSPS) is 12.4. The quantitative estimate of drug-likeness (QED) is 0.0570. The fourth-order valence-corrected chi connectivity index (χ4v) is 6.75. The average molecular weight is 707 g/mol. The predicted octanol–water partition coefficient (Wildman–Crippen LogP) is 10.9. The van der Waals surface area contributed by atoms with Gasteiger partial charge in [-0.1, -0.05) is 109 Å². The molecule has 0 aliphatic rings. The summed E-state index contributed by atoms with van der Waals surface area (Å²) in [5, 5.41) is 21.4. The highest BCUT2D eigenvalue weighted by Crippen LogP contribution is 2.32. The van der Waals surface area contributed by atoms with Gasteiger partial charge in [-0.15, -0.1) is 0 Å². The number of hydrogen-bond acceptors (Lipinski definition) is 8. The number of carbonyl (C=O) groups is 2. The minimum Gasteiger partial charge on any atom is -0.427 e. The standard InChI is InChI=1S/2C22H27NO3/c1-17(14-22(2,3)15-25-16-23)7-6-10-21(24)26-20-12-11-18-8-4-5-9-19(18)13-20;1-17(15-25-16-23)14-22(2,3)12-6-9-21(24)26-20-11-10-18-7-4-5-8-19(18)13-20/h4-5,8-9,11-13,17H,6-7,10,14-15H2,1-3H3;4-5,7-8,10-11,13,17H,6,9,12,14-15H2,1-3H3. The van der Waals surface area contributed by atoms with Crippen molar-refractivity contribution in [2.45, 2.75) is 92.9 Å². The first-order valence-electron chi connectivity index (χ1n) is 18.2. The van der Waals surface area contributed by atoms with E-state index in [1.54, 1.807) is 12.5 Å². The van der Waals surface area contributed by atoms with Crippen LogP contribution in [-0.4, -0.2) is 25.2 Å². The summed E-state index contributed by atoms with van der Waals surface area (Å²) in [7, 11) is 0. The van der Waals surface area contributed by atoms with Crippen molar-refractivity contribution in [1.82, 2.24) is 0 Å². The number of benzene rings is 4. The van der Waals surface area contributed by atoms with Crippen LogP contribution in [0.25, 0.3) is 21.5 Å². The summed E-state index contributed by atoms with van der Waals surface area (Å²) in [6.45, 7) is 13.7. The van der Waals surface area contributed by atoms with Gasteiger partial charge in [-0.05, 0) is 95.2 Å². The van der Waals surface area contributed by atoms with Crippen LogP contribution < -0.4 is 9.47 Å². The van der Waals surface area contributed by atoms with Gasteiger partial charge in [0, 0.05) is 18.3 Å². The number of hydrogen-bond donors (Lipinski definition) is 0. The third-order valence-electron chi connectivity index (χ3n) is 8.98. The number of carbonyl (C=O) groups excluding carboxylic acids is 2. The van der Waals surface area contributed by atoms with E-state index < -0.39 is 0 Å². The van der Waals surface area contributed by atoms with Gasteiger partial charge in [-0.3, -0.25) is 9.59 Å². The largest absolute Gasteiger partial charge is 0.427 e. The molecule has 0 saturated carbocycles. The molecule has 0 aliphatic heterocycles. The van der Waals surface area contributed by atoms with Crippen molar-refractivity contribution in [1.29, 1.82) is 10.5 Å². The van der Waals surface area contributed by atoms with Crippen molar-refractivity contribution in [2.75, 3.05) is 13.2 Å². The maximum Gasteiger partial charge on any atom is 0.311 e. The Morgan fingerprint density at radius 1 is 0.635 bits per heavy atom. The van der Waals surface area contributed by atoms with E-state index in [1.165, 1.54) is 0 Å². The molecule has 4 rings (SSSR count). The highest BCUT2D eigenvalue weighted by molar-refractivity contribution is 5.85. The van der Waals surface area contributed by atoms with E-state index >= 15 is 0 Å². The number of ether oxygens (including phenoxy) is 4. The molecule has 276 valence electrons. The predicted molar refractivity (Wildman–Crippen MR) is 205 cm³/mol. The monoisotopic (exact) mass is 706 g/mol. The smallest absolute Gasteiger partial charge is 0.311 e. The topological polar surface area (TPSA) is 119 Å². The number of esters is 2. The van der Waals surface area contributed by atoms with Crippen LogP contribution in [0, 0.1) is 45.7 Å². The average Bonchev–Trinajstić information content (AvgIpc) is 3.09. The Balaban J connectivity index is 0.000000280. The lowest BCUT2D eigenvalue weighted by Gasteiger charge is -2.27. The van der Waals surface area contributed by atoms with Crippen molar-refractivity contribution >= 4 is 33.5 Å². The minimum atomic E-state index is -0.197. The second-order valence-electron chi connectivity index (χ2n) is 15.4. The number of nitriles is 2. The lowest BCUT2D eigenvalue weighted by atomic mass is 9.79. The zero-order valence-electron chi connectivity index (χ0n) is 31.7. The van der Waals surface area contributed by atoms with Crippen LogP contribution in [0.15, 0.2) is 84.9 Å². The first-order valence-corrected chi connectivity index (χ1v) is 18.2. The Morgan fingerprint density at radius 3 is 1.63 bits per heavy atom. The molecule has 0 aromatic heterocycles. The third kappa shape index (κ3) is 15.4. The van der Waals surface area contributed by atoms with Crippen molar-refractivity contribution in [3.8, 4) is 24.0 Å². The molecule has 0 bridgehead atoms. The van der Waals surface area contributed by atoms with Crippen LogP contribution in [-0.2, 0) is 19.1 Å². The molecule has 4 aromatic carbocycles. The fraction of sp³-hybridized carbons (Fsp3) is 0.455. The lowest BCUT2D eigenvalue weighted by molar-refractivity contribution is -0.135. The van der Waals surface area contributed by atoms with Crippen LogP contribution in [0.1, 0.15) is 92.9 Å². The van der Waals surface area contributed by atoms with Crippen LogP contribution in [0.3, 0.4) is 0 Å².